The van der Waals surface area contributed by atoms with E-state index in [1.807, 2.05) is 24.3 Å². The summed E-state index contributed by atoms with van der Waals surface area (Å²) in [6.07, 6.45) is 0.842. The monoisotopic (exact) mass is 629 g/mol. The van der Waals surface area contributed by atoms with Crippen LogP contribution in [0.3, 0.4) is 0 Å². The zero-order valence-corrected chi connectivity index (χ0v) is 25.4. The minimum absolute atomic E-state index is 0.167. The lowest BCUT2D eigenvalue weighted by Crippen LogP contribution is -2.29. The van der Waals surface area contributed by atoms with E-state index in [9.17, 15) is 19.5 Å². The second-order valence-electron chi connectivity index (χ2n) is 10.8. The first-order valence-corrected chi connectivity index (χ1v) is 14.9. The van der Waals surface area contributed by atoms with Gasteiger partial charge in [-0.1, -0.05) is 18.2 Å². The summed E-state index contributed by atoms with van der Waals surface area (Å²) in [5.74, 6) is 0.0642. The maximum Gasteiger partial charge on any atom is 0.345 e. The van der Waals surface area contributed by atoms with Crippen molar-refractivity contribution in [2.24, 2.45) is 0 Å². The number of fused-ring (bicyclic) bond motifs is 6. The van der Waals surface area contributed by atoms with Crippen LogP contribution in [0.1, 0.15) is 26.3 Å². The number of carboxylic acids is 1. The SMILES string of the molecule is COc1ccc(OC(Cc2ccc(OCCNC(=O)c3ccc(NC(=O)c4ccc5cc4c4cc5ccn4)cc3)cc2)C(=O)O)cc1. The van der Waals surface area contributed by atoms with E-state index in [0.717, 1.165) is 27.2 Å². The summed E-state index contributed by atoms with van der Waals surface area (Å²) in [6.45, 7) is 0.500. The Bertz CT molecular complexity index is 2010. The third-order valence-electron chi connectivity index (χ3n) is 7.65. The summed E-state index contributed by atoms with van der Waals surface area (Å²) >= 11 is 0. The quantitative estimate of drug-likeness (QED) is 0.133. The van der Waals surface area contributed by atoms with Gasteiger partial charge in [-0.3, -0.25) is 14.6 Å². The maximum atomic E-state index is 13.0. The molecule has 2 amide bonds. The number of carbonyl (C=O) groups excluding carboxylic acids is 2. The molecule has 4 bridgehead atoms. The van der Waals surface area contributed by atoms with Crippen LogP contribution >= 0.6 is 0 Å². The van der Waals surface area contributed by atoms with Gasteiger partial charge in [0.2, 0.25) is 0 Å². The van der Waals surface area contributed by atoms with Gasteiger partial charge >= 0.3 is 5.97 Å². The van der Waals surface area contributed by atoms with Crippen molar-refractivity contribution in [3.63, 3.8) is 0 Å². The molecule has 236 valence electrons. The van der Waals surface area contributed by atoms with Crippen molar-refractivity contribution >= 4 is 45.1 Å². The molecule has 0 aliphatic carbocycles. The molecule has 1 aromatic heterocycles. The van der Waals surface area contributed by atoms with E-state index in [1.54, 1.807) is 92.2 Å². The molecule has 10 nitrogen and oxygen atoms in total. The molecule has 6 aromatic rings. The van der Waals surface area contributed by atoms with Crippen LogP contribution in [0.5, 0.6) is 17.2 Å². The van der Waals surface area contributed by atoms with Crippen molar-refractivity contribution in [1.82, 2.24) is 10.3 Å². The highest BCUT2D eigenvalue weighted by Crippen LogP contribution is 2.27. The van der Waals surface area contributed by atoms with Crippen LogP contribution in [-0.4, -0.2) is 54.2 Å². The van der Waals surface area contributed by atoms with Crippen molar-refractivity contribution in [2.45, 2.75) is 12.5 Å². The number of amides is 2. The van der Waals surface area contributed by atoms with Crippen LogP contribution < -0.4 is 24.8 Å². The molecular weight excluding hydrogens is 598 g/mol. The lowest BCUT2D eigenvalue weighted by atomic mass is 10.0. The normalized spacial score (nSPS) is 11.6. The molecule has 5 aromatic carbocycles. The summed E-state index contributed by atoms with van der Waals surface area (Å²) in [5, 5.41) is 18.2. The molecule has 0 saturated carbocycles. The molecule has 47 heavy (non-hydrogen) atoms. The summed E-state index contributed by atoms with van der Waals surface area (Å²) in [5.41, 5.74) is 3.06. The third-order valence-corrected chi connectivity index (χ3v) is 7.65. The number of aliphatic carboxylic acids is 1. The Morgan fingerprint density at radius 3 is 2.21 bits per heavy atom. The Hall–Kier alpha value is -6.16. The molecule has 1 atom stereocenters. The lowest BCUT2D eigenvalue weighted by Gasteiger charge is -2.16. The second-order valence-corrected chi connectivity index (χ2v) is 10.8. The number of ether oxygens (including phenoxy) is 3. The van der Waals surface area contributed by atoms with Crippen LogP contribution in [0.25, 0.3) is 21.7 Å². The average molecular weight is 630 g/mol. The van der Waals surface area contributed by atoms with Gasteiger partial charge in [0.05, 0.1) is 19.2 Å². The van der Waals surface area contributed by atoms with Gasteiger partial charge in [-0.2, -0.15) is 0 Å². The number of benzene rings is 5. The number of rotatable bonds is 13. The Morgan fingerprint density at radius 2 is 1.49 bits per heavy atom. The van der Waals surface area contributed by atoms with E-state index in [1.165, 1.54) is 0 Å². The lowest BCUT2D eigenvalue weighted by molar-refractivity contribution is -0.145. The highest BCUT2D eigenvalue weighted by molar-refractivity contribution is 6.15. The first kappa shape index (κ1) is 30.8. The number of methoxy groups -OCH3 is 1. The number of pyridine rings is 1. The fourth-order valence-electron chi connectivity index (χ4n) is 5.16. The molecule has 3 N–H and O–H groups in total. The van der Waals surface area contributed by atoms with Crippen molar-refractivity contribution in [1.29, 1.82) is 0 Å². The van der Waals surface area contributed by atoms with Gasteiger partial charge in [0.1, 0.15) is 23.9 Å². The zero-order chi connectivity index (χ0) is 32.8. The average Bonchev–Trinajstić information content (AvgIpc) is 3.10. The van der Waals surface area contributed by atoms with E-state index in [0.29, 0.717) is 34.1 Å². The van der Waals surface area contributed by atoms with Gasteiger partial charge in [0, 0.05) is 34.8 Å². The zero-order valence-electron chi connectivity index (χ0n) is 25.4. The van der Waals surface area contributed by atoms with Gasteiger partial charge in [-0.25, -0.2) is 4.79 Å². The fraction of sp³-hybridized carbons (Fsp3) is 0.135. The Kier molecular flexibility index (Phi) is 9.10. The molecule has 1 unspecified atom stereocenters. The molecule has 6 rings (SSSR count). The predicted octanol–water partition coefficient (Wildman–Crippen LogP) is 5.97. The molecule has 0 saturated heterocycles. The van der Waals surface area contributed by atoms with Crippen LogP contribution in [0.15, 0.2) is 109 Å². The van der Waals surface area contributed by atoms with E-state index in [2.05, 4.69) is 15.6 Å². The Labute approximate surface area is 270 Å². The maximum absolute atomic E-state index is 13.0. The smallest absolute Gasteiger partial charge is 0.345 e. The number of hydrogen-bond donors (Lipinski definition) is 3. The topological polar surface area (TPSA) is 136 Å². The number of anilines is 1. The molecule has 0 radical (unpaired) electrons. The first-order chi connectivity index (χ1) is 22.9. The molecule has 0 fully saturated rings. The molecule has 10 heteroatoms. The molecular formula is C37H31N3O7. The number of carbonyl (C=O) groups is 3. The van der Waals surface area contributed by atoms with Crippen LogP contribution in [0, 0.1) is 0 Å². The van der Waals surface area contributed by atoms with Crippen molar-refractivity contribution in [3.05, 3.63) is 126 Å². The highest BCUT2D eigenvalue weighted by atomic mass is 16.5. The van der Waals surface area contributed by atoms with Gasteiger partial charge in [-0.15, -0.1) is 0 Å². The second kappa shape index (κ2) is 13.9. The van der Waals surface area contributed by atoms with Crippen molar-refractivity contribution in [2.75, 3.05) is 25.6 Å². The fourth-order valence-corrected chi connectivity index (χ4v) is 5.16. The molecule has 0 aliphatic rings. The molecule has 1 heterocycles. The number of aromatic nitrogens is 1. The van der Waals surface area contributed by atoms with E-state index in [-0.39, 0.29) is 31.4 Å². The summed E-state index contributed by atoms with van der Waals surface area (Å²) < 4.78 is 16.5. The van der Waals surface area contributed by atoms with E-state index < -0.39 is 12.1 Å². The van der Waals surface area contributed by atoms with Crippen molar-refractivity contribution < 1.29 is 33.7 Å². The Balaban J connectivity index is 0.954. The number of nitrogens with one attached hydrogen (secondary N) is 2. The van der Waals surface area contributed by atoms with Crippen LogP contribution in [0.4, 0.5) is 5.69 Å². The summed E-state index contributed by atoms with van der Waals surface area (Å²) in [7, 11) is 1.55. The van der Waals surface area contributed by atoms with Crippen LogP contribution in [0.2, 0.25) is 0 Å². The van der Waals surface area contributed by atoms with E-state index in [4.69, 9.17) is 14.2 Å². The van der Waals surface area contributed by atoms with E-state index >= 15 is 0 Å². The standard InChI is InChI=1S/C37H31N3O7/c1-45-28-11-13-30(14-12-28)47-34(37(43)44)20-23-2-9-29(10-3-23)46-19-18-39-35(41)24-4-7-27(8-5-24)40-36(42)31-15-6-25-21-32(31)33-22-26(25)16-17-38-33/h2-17,21-22,34H,18-20H2,1H3,(H,39,41)(H,40,42)(H,43,44). The highest BCUT2D eigenvalue weighted by Gasteiger charge is 2.20. The molecule has 0 spiro atoms. The van der Waals surface area contributed by atoms with Crippen LogP contribution in [-0.2, 0) is 11.2 Å². The number of hydrogen-bond acceptors (Lipinski definition) is 7. The third kappa shape index (κ3) is 7.39. The number of nitrogens with zero attached hydrogens (tertiary/aromatic N) is 1. The molecule has 0 aliphatic heterocycles. The summed E-state index contributed by atoms with van der Waals surface area (Å²) in [4.78, 5) is 41.9. The predicted molar refractivity (Wildman–Crippen MR) is 178 cm³/mol. The van der Waals surface area contributed by atoms with Crippen molar-refractivity contribution in [3.8, 4) is 17.2 Å². The first-order valence-electron chi connectivity index (χ1n) is 14.9. The van der Waals surface area contributed by atoms with Gasteiger partial charge in [0.15, 0.2) is 6.10 Å². The largest absolute Gasteiger partial charge is 0.497 e. The minimum Gasteiger partial charge on any atom is -0.497 e. The van der Waals surface area contributed by atoms with Gasteiger partial charge in [0.25, 0.3) is 11.8 Å². The summed E-state index contributed by atoms with van der Waals surface area (Å²) in [6, 6.07) is 30.0. The van der Waals surface area contributed by atoms with Gasteiger partial charge < -0.3 is 30.0 Å². The minimum atomic E-state index is -1.07. The number of carboxylic acid groups (broad SMARTS) is 1. The van der Waals surface area contributed by atoms with Gasteiger partial charge in [-0.05, 0) is 101 Å². The Morgan fingerprint density at radius 1 is 0.787 bits per heavy atom.